The van der Waals surface area contributed by atoms with Gasteiger partial charge in [-0.3, -0.25) is 0 Å². The predicted molar refractivity (Wildman–Crippen MR) is 85.4 cm³/mol. The van der Waals surface area contributed by atoms with Crippen molar-refractivity contribution in [3.05, 3.63) is 65.2 Å². The maximum absolute atomic E-state index is 9.46. The van der Waals surface area contributed by atoms with Crippen LogP contribution in [0.4, 0.5) is 0 Å². The van der Waals surface area contributed by atoms with Crippen molar-refractivity contribution < 1.29 is 9.84 Å². The molecular weight excluding hydrogens is 262 g/mol. The van der Waals surface area contributed by atoms with Crippen LogP contribution in [-0.4, -0.2) is 30.7 Å². The van der Waals surface area contributed by atoms with Crippen LogP contribution < -0.4 is 0 Å². The number of nitrogens with zero attached hydrogens (tertiary/aromatic N) is 1. The fraction of sp³-hybridized carbons (Fsp3) is 0.333. The molecule has 21 heavy (non-hydrogen) atoms. The molecule has 0 spiro atoms. The van der Waals surface area contributed by atoms with E-state index in [1.807, 2.05) is 25.1 Å². The van der Waals surface area contributed by atoms with E-state index in [0.717, 1.165) is 12.1 Å². The number of phenolic OH excluding ortho intramolecular Hbond substituents is 1. The molecule has 3 heteroatoms. The largest absolute Gasteiger partial charge is 0.508 e. The molecule has 0 aliphatic rings. The normalized spacial score (nSPS) is 12.6. The average molecular weight is 285 g/mol. The van der Waals surface area contributed by atoms with E-state index in [1.165, 1.54) is 11.1 Å². The lowest BCUT2D eigenvalue weighted by atomic mass is 9.96. The third-order valence-corrected chi connectivity index (χ3v) is 3.35. The molecule has 0 aromatic heterocycles. The van der Waals surface area contributed by atoms with Crippen molar-refractivity contribution in [2.45, 2.75) is 19.6 Å². The summed E-state index contributed by atoms with van der Waals surface area (Å²) in [5.74, 6) is 0.274. The number of hydrogen-bond acceptors (Lipinski definition) is 3. The molecule has 0 bridgehead atoms. The highest BCUT2D eigenvalue weighted by molar-refractivity contribution is 5.38. The zero-order chi connectivity index (χ0) is 15.2. The Bertz CT molecular complexity index is 564. The summed E-state index contributed by atoms with van der Waals surface area (Å²) in [5.41, 5.74) is 3.49. The van der Waals surface area contributed by atoms with Crippen molar-refractivity contribution in [2.75, 3.05) is 20.7 Å². The molecule has 0 fully saturated rings. The second-order valence-electron chi connectivity index (χ2n) is 5.36. The van der Waals surface area contributed by atoms with Crippen LogP contribution in [0, 0.1) is 0 Å². The molecule has 112 valence electrons. The van der Waals surface area contributed by atoms with Crippen LogP contribution in [0.15, 0.2) is 48.5 Å². The van der Waals surface area contributed by atoms with Gasteiger partial charge in [-0.05, 0) is 49.8 Å². The molecule has 1 N–H and O–H groups in total. The summed E-state index contributed by atoms with van der Waals surface area (Å²) in [5, 5.41) is 9.46. The van der Waals surface area contributed by atoms with Crippen molar-refractivity contribution in [3.63, 3.8) is 0 Å². The van der Waals surface area contributed by atoms with E-state index in [4.69, 9.17) is 4.74 Å². The van der Waals surface area contributed by atoms with E-state index in [9.17, 15) is 5.11 Å². The molecule has 3 nitrogen and oxygen atoms in total. The van der Waals surface area contributed by atoms with Crippen molar-refractivity contribution in [1.29, 1.82) is 0 Å². The SMILES string of the molecule is CCOC(c1ccc(O)cc1)c1ccccc1CN(C)C. The van der Waals surface area contributed by atoms with E-state index in [-0.39, 0.29) is 11.9 Å². The highest BCUT2D eigenvalue weighted by Gasteiger charge is 2.17. The van der Waals surface area contributed by atoms with Gasteiger partial charge in [-0.15, -0.1) is 0 Å². The van der Waals surface area contributed by atoms with Gasteiger partial charge in [0, 0.05) is 13.2 Å². The molecule has 0 aliphatic heterocycles. The van der Waals surface area contributed by atoms with Gasteiger partial charge in [0.2, 0.25) is 0 Å². The topological polar surface area (TPSA) is 32.7 Å². The van der Waals surface area contributed by atoms with Gasteiger partial charge in [-0.1, -0.05) is 36.4 Å². The third-order valence-electron chi connectivity index (χ3n) is 3.35. The Labute approximate surface area is 126 Å². The second-order valence-corrected chi connectivity index (χ2v) is 5.36. The maximum Gasteiger partial charge on any atom is 0.115 e. The molecule has 0 amide bonds. The van der Waals surface area contributed by atoms with Crippen molar-refractivity contribution in [2.24, 2.45) is 0 Å². The number of rotatable bonds is 6. The Morgan fingerprint density at radius 3 is 2.33 bits per heavy atom. The van der Waals surface area contributed by atoms with Crippen LogP contribution in [-0.2, 0) is 11.3 Å². The van der Waals surface area contributed by atoms with Crippen molar-refractivity contribution >= 4 is 0 Å². The van der Waals surface area contributed by atoms with Crippen LogP contribution in [0.1, 0.15) is 29.7 Å². The summed E-state index contributed by atoms with van der Waals surface area (Å²) in [6, 6.07) is 15.6. The van der Waals surface area contributed by atoms with E-state index in [0.29, 0.717) is 6.61 Å². The zero-order valence-corrected chi connectivity index (χ0v) is 12.9. The summed E-state index contributed by atoms with van der Waals surface area (Å²) >= 11 is 0. The van der Waals surface area contributed by atoms with E-state index >= 15 is 0 Å². The Morgan fingerprint density at radius 2 is 1.71 bits per heavy atom. The van der Waals surface area contributed by atoms with Crippen LogP contribution in [0.2, 0.25) is 0 Å². The van der Waals surface area contributed by atoms with Gasteiger partial charge in [0.05, 0.1) is 0 Å². The molecule has 0 saturated carbocycles. The fourth-order valence-corrected chi connectivity index (χ4v) is 2.46. The number of benzene rings is 2. The monoisotopic (exact) mass is 285 g/mol. The lowest BCUT2D eigenvalue weighted by Gasteiger charge is -2.22. The van der Waals surface area contributed by atoms with E-state index < -0.39 is 0 Å². The molecule has 1 unspecified atom stereocenters. The van der Waals surface area contributed by atoms with Gasteiger partial charge in [-0.2, -0.15) is 0 Å². The molecule has 0 saturated heterocycles. The smallest absolute Gasteiger partial charge is 0.115 e. The Kier molecular flexibility index (Phi) is 5.37. The van der Waals surface area contributed by atoms with Crippen LogP contribution >= 0.6 is 0 Å². The van der Waals surface area contributed by atoms with Gasteiger partial charge >= 0.3 is 0 Å². The van der Waals surface area contributed by atoms with Crippen LogP contribution in [0.5, 0.6) is 5.75 Å². The summed E-state index contributed by atoms with van der Waals surface area (Å²) in [6.07, 6.45) is -0.105. The highest BCUT2D eigenvalue weighted by Crippen LogP contribution is 2.30. The van der Waals surface area contributed by atoms with Gasteiger partial charge in [0.15, 0.2) is 0 Å². The highest BCUT2D eigenvalue weighted by atomic mass is 16.5. The molecule has 0 radical (unpaired) electrons. The van der Waals surface area contributed by atoms with Crippen LogP contribution in [0.25, 0.3) is 0 Å². The zero-order valence-electron chi connectivity index (χ0n) is 12.9. The van der Waals surface area contributed by atoms with E-state index in [1.54, 1.807) is 12.1 Å². The number of ether oxygens (including phenoxy) is 1. The summed E-state index contributed by atoms with van der Waals surface area (Å²) in [6.45, 7) is 3.52. The first-order valence-corrected chi connectivity index (χ1v) is 7.25. The average Bonchev–Trinajstić information content (AvgIpc) is 2.46. The van der Waals surface area contributed by atoms with E-state index in [2.05, 4.69) is 37.2 Å². The summed E-state index contributed by atoms with van der Waals surface area (Å²) < 4.78 is 5.98. The lowest BCUT2D eigenvalue weighted by molar-refractivity contribution is 0.0903. The van der Waals surface area contributed by atoms with Crippen molar-refractivity contribution in [3.8, 4) is 5.75 Å². The van der Waals surface area contributed by atoms with Gasteiger partial charge < -0.3 is 14.7 Å². The third kappa shape index (κ3) is 4.06. The molecule has 0 aliphatic carbocycles. The number of phenols is 1. The molecule has 0 heterocycles. The first kappa shape index (κ1) is 15.5. The molecule has 2 rings (SSSR count). The molecular formula is C18H23NO2. The minimum absolute atomic E-state index is 0.105. The minimum atomic E-state index is -0.105. The maximum atomic E-state index is 9.46. The predicted octanol–water partition coefficient (Wildman–Crippen LogP) is 3.58. The van der Waals surface area contributed by atoms with Gasteiger partial charge in [0.1, 0.15) is 11.9 Å². The first-order valence-electron chi connectivity index (χ1n) is 7.25. The van der Waals surface area contributed by atoms with Crippen LogP contribution in [0.3, 0.4) is 0 Å². The Morgan fingerprint density at radius 1 is 1.05 bits per heavy atom. The van der Waals surface area contributed by atoms with Gasteiger partial charge in [0.25, 0.3) is 0 Å². The minimum Gasteiger partial charge on any atom is -0.508 e. The summed E-state index contributed by atoms with van der Waals surface area (Å²) in [7, 11) is 4.13. The standard InChI is InChI=1S/C18H23NO2/c1-4-21-18(14-9-11-16(20)12-10-14)17-8-6-5-7-15(17)13-19(2)3/h5-12,18,20H,4,13H2,1-3H3. The fourth-order valence-electron chi connectivity index (χ4n) is 2.46. The first-order chi connectivity index (χ1) is 10.1. The molecule has 2 aromatic rings. The van der Waals surface area contributed by atoms with Gasteiger partial charge in [-0.25, -0.2) is 0 Å². The second kappa shape index (κ2) is 7.25. The molecule has 2 aromatic carbocycles. The quantitative estimate of drug-likeness (QED) is 0.880. The van der Waals surface area contributed by atoms with Crippen molar-refractivity contribution in [1.82, 2.24) is 4.90 Å². The Balaban J connectivity index is 2.40. The number of hydrogen-bond donors (Lipinski definition) is 1. The Hall–Kier alpha value is -1.84. The number of aromatic hydroxyl groups is 1. The molecule has 1 atom stereocenters. The summed E-state index contributed by atoms with van der Waals surface area (Å²) in [4.78, 5) is 2.15. The lowest BCUT2D eigenvalue weighted by Crippen LogP contribution is -2.15.